The Bertz CT molecular complexity index is 508. The Kier molecular flexibility index (Phi) is 8.83. The van der Waals surface area contributed by atoms with Gasteiger partial charge in [0.2, 0.25) is 0 Å². The zero-order valence-corrected chi connectivity index (χ0v) is 18.2. The second-order valence-electron chi connectivity index (χ2n) is 6.90. The van der Waals surface area contributed by atoms with Crippen LogP contribution in [0.25, 0.3) is 0 Å². The molecule has 0 radical (unpaired) electrons. The van der Waals surface area contributed by atoms with Crippen molar-refractivity contribution in [3.8, 4) is 0 Å². The van der Waals surface area contributed by atoms with Crippen LogP contribution in [0.2, 0.25) is 0 Å². The molecule has 156 valence electrons. The molecule has 0 saturated carbocycles. The number of piperidine rings is 1. The molecule has 0 aromatic carbocycles. The Morgan fingerprint density at radius 1 is 1.33 bits per heavy atom. The number of guanidine groups is 1. The van der Waals surface area contributed by atoms with Gasteiger partial charge in [0.25, 0.3) is 0 Å². The lowest BCUT2D eigenvalue weighted by Gasteiger charge is -2.32. The van der Waals surface area contributed by atoms with Crippen molar-refractivity contribution in [2.24, 2.45) is 10.7 Å². The third-order valence-electron chi connectivity index (χ3n) is 5.01. The summed E-state index contributed by atoms with van der Waals surface area (Å²) in [5, 5.41) is 3.24. The summed E-state index contributed by atoms with van der Waals surface area (Å²) >= 11 is 0. The van der Waals surface area contributed by atoms with Crippen LogP contribution in [-0.2, 0) is 18.9 Å². The molecule has 3 saturated heterocycles. The van der Waals surface area contributed by atoms with E-state index in [0.717, 1.165) is 25.7 Å². The van der Waals surface area contributed by atoms with Crippen LogP contribution >= 0.6 is 24.0 Å². The third kappa shape index (κ3) is 6.33. The summed E-state index contributed by atoms with van der Waals surface area (Å²) in [7, 11) is 0. The molecule has 3 N–H and O–H groups in total. The summed E-state index contributed by atoms with van der Waals surface area (Å²) in [6.45, 7) is 5.89. The third-order valence-corrected chi connectivity index (χ3v) is 5.01. The fraction of sp³-hybridized carbons (Fsp3) is 0.882. The minimum atomic E-state index is -0.486. The number of aliphatic imine (C=N–C) groups is 1. The predicted molar refractivity (Wildman–Crippen MR) is 110 cm³/mol. The van der Waals surface area contributed by atoms with Gasteiger partial charge in [0, 0.05) is 32.0 Å². The van der Waals surface area contributed by atoms with Gasteiger partial charge >= 0.3 is 6.09 Å². The Morgan fingerprint density at radius 2 is 2.04 bits per heavy atom. The molecule has 3 aliphatic heterocycles. The number of halogens is 1. The van der Waals surface area contributed by atoms with Crippen molar-refractivity contribution < 1.29 is 23.7 Å². The van der Waals surface area contributed by atoms with E-state index < -0.39 is 5.79 Å². The number of hydrogen-bond donors (Lipinski definition) is 2. The number of amides is 1. The summed E-state index contributed by atoms with van der Waals surface area (Å²) in [6.07, 6.45) is 2.86. The minimum Gasteiger partial charge on any atom is -0.450 e. The molecule has 1 atom stereocenters. The molecule has 3 heterocycles. The maximum Gasteiger partial charge on any atom is 0.409 e. The van der Waals surface area contributed by atoms with E-state index in [1.807, 2.05) is 6.92 Å². The highest BCUT2D eigenvalue weighted by atomic mass is 127. The van der Waals surface area contributed by atoms with Crippen molar-refractivity contribution in [2.45, 2.75) is 50.5 Å². The van der Waals surface area contributed by atoms with Crippen LogP contribution in [0.1, 0.15) is 32.6 Å². The largest absolute Gasteiger partial charge is 0.450 e. The highest BCUT2D eigenvalue weighted by Gasteiger charge is 2.42. The SMILES string of the molecule is CCOC(=O)N1CCC(NC(N)=NCC2COC3(CCOCC3)O2)CC1.I. The Morgan fingerprint density at radius 3 is 2.70 bits per heavy atom. The molecule has 1 amide bonds. The van der Waals surface area contributed by atoms with Crippen LogP contribution in [0.5, 0.6) is 0 Å². The molecule has 3 aliphatic rings. The van der Waals surface area contributed by atoms with Crippen LogP contribution < -0.4 is 11.1 Å². The Labute approximate surface area is 177 Å². The van der Waals surface area contributed by atoms with E-state index in [1.165, 1.54) is 0 Å². The fourth-order valence-corrected chi connectivity index (χ4v) is 3.53. The monoisotopic (exact) mass is 498 g/mol. The molecule has 0 bridgehead atoms. The first-order chi connectivity index (χ1) is 12.6. The van der Waals surface area contributed by atoms with Crippen molar-refractivity contribution in [3.63, 3.8) is 0 Å². The minimum absolute atomic E-state index is 0. The van der Waals surface area contributed by atoms with Crippen molar-refractivity contribution >= 4 is 36.0 Å². The van der Waals surface area contributed by atoms with E-state index in [4.69, 9.17) is 24.7 Å². The highest BCUT2D eigenvalue weighted by Crippen LogP contribution is 2.33. The van der Waals surface area contributed by atoms with E-state index >= 15 is 0 Å². The summed E-state index contributed by atoms with van der Waals surface area (Å²) < 4.78 is 22.3. The summed E-state index contributed by atoms with van der Waals surface area (Å²) in [6, 6.07) is 0.215. The molecule has 3 rings (SSSR count). The molecule has 3 fully saturated rings. The number of hydrogen-bond acceptors (Lipinski definition) is 6. The van der Waals surface area contributed by atoms with Crippen LogP contribution in [0.3, 0.4) is 0 Å². The van der Waals surface area contributed by atoms with Gasteiger partial charge in [0.05, 0.1) is 33.0 Å². The predicted octanol–water partition coefficient (Wildman–Crippen LogP) is 1.05. The first-order valence-corrected chi connectivity index (χ1v) is 9.48. The average Bonchev–Trinajstić information content (AvgIpc) is 3.04. The lowest BCUT2D eigenvalue weighted by Crippen LogP contribution is -2.48. The van der Waals surface area contributed by atoms with Gasteiger partial charge in [-0.2, -0.15) is 0 Å². The van der Waals surface area contributed by atoms with Crippen LogP contribution in [0, 0.1) is 0 Å². The maximum atomic E-state index is 11.7. The van der Waals surface area contributed by atoms with Crippen molar-refractivity contribution in [3.05, 3.63) is 0 Å². The van der Waals surface area contributed by atoms with Crippen LogP contribution in [0.4, 0.5) is 4.79 Å². The lowest BCUT2D eigenvalue weighted by molar-refractivity contribution is -0.210. The van der Waals surface area contributed by atoms with Gasteiger partial charge in [0.15, 0.2) is 11.7 Å². The van der Waals surface area contributed by atoms with E-state index in [2.05, 4.69) is 10.3 Å². The van der Waals surface area contributed by atoms with E-state index in [1.54, 1.807) is 4.90 Å². The number of nitrogens with zero attached hydrogens (tertiary/aromatic N) is 2. The van der Waals surface area contributed by atoms with Crippen molar-refractivity contribution in [1.29, 1.82) is 0 Å². The van der Waals surface area contributed by atoms with Crippen LogP contribution in [-0.4, -0.2) is 80.9 Å². The van der Waals surface area contributed by atoms with E-state index in [9.17, 15) is 4.79 Å². The number of carbonyl (C=O) groups is 1. The van der Waals surface area contributed by atoms with E-state index in [0.29, 0.717) is 52.0 Å². The number of nitrogens with one attached hydrogen (secondary N) is 1. The van der Waals surface area contributed by atoms with Gasteiger partial charge in [-0.1, -0.05) is 0 Å². The molecule has 10 heteroatoms. The molecule has 0 aliphatic carbocycles. The standard InChI is InChI=1S/C17H30N4O5.HI/c1-2-24-16(22)21-7-3-13(4-8-21)20-15(18)19-11-14-12-25-17(26-14)5-9-23-10-6-17;/h13-14H,2-12H2,1H3,(H3,18,19,20);1H. The summed E-state index contributed by atoms with van der Waals surface area (Å²) in [5.74, 6) is -0.0725. The van der Waals surface area contributed by atoms with Gasteiger partial charge in [-0.05, 0) is 19.8 Å². The van der Waals surface area contributed by atoms with Crippen molar-refractivity contribution in [2.75, 3.05) is 46.1 Å². The zero-order valence-electron chi connectivity index (χ0n) is 15.9. The Balaban J connectivity index is 0.00000261. The molecule has 27 heavy (non-hydrogen) atoms. The lowest BCUT2D eigenvalue weighted by atomic mass is 10.1. The fourth-order valence-electron chi connectivity index (χ4n) is 3.53. The molecule has 1 spiro atoms. The van der Waals surface area contributed by atoms with Crippen molar-refractivity contribution in [1.82, 2.24) is 10.2 Å². The smallest absolute Gasteiger partial charge is 0.409 e. The Hall–Kier alpha value is -0.850. The quantitative estimate of drug-likeness (QED) is 0.339. The second-order valence-corrected chi connectivity index (χ2v) is 6.90. The molecule has 0 aromatic rings. The summed E-state index contributed by atoms with van der Waals surface area (Å²) in [4.78, 5) is 17.8. The summed E-state index contributed by atoms with van der Waals surface area (Å²) in [5.41, 5.74) is 6.01. The second kappa shape index (κ2) is 10.6. The van der Waals surface area contributed by atoms with Gasteiger partial charge < -0.3 is 34.9 Å². The van der Waals surface area contributed by atoms with Gasteiger partial charge in [-0.15, -0.1) is 24.0 Å². The van der Waals surface area contributed by atoms with Gasteiger partial charge in [0.1, 0.15) is 6.10 Å². The first kappa shape index (κ1) is 22.4. The average molecular weight is 498 g/mol. The number of ether oxygens (including phenoxy) is 4. The first-order valence-electron chi connectivity index (χ1n) is 9.48. The highest BCUT2D eigenvalue weighted by molar-refractivity contribution is 14.0. The normalized spacial score (nSPS) is 25.9. The van der Waals surface area contributed by atoms with Crippen LogP contribution in [0.15, 0.2) is 4.99 Å². The molecule has 9 nitrogen and oxygen atoms in total. The molecular weight excluding hydrogens is 467 g/mol. The number of rotatable bonds is 4. The molecule has 1 unspecified atom stereocenters. The van der Waals surface area contributed by atoms with E-state index in [-0.39, 0.29) is 42.2 Å². The molecular formula is C17H31IN4O5. The number of carbonyl (C=O) groups excluding carboxylic acids is 1. The maximum absolute atomic E-state index is 11.7. The molecule has 0 aromatic heterocycles. The zero-order chi connectivity index (χ0) is 18.4. The van der Waals surface area contributed by atoms with Gasteiger partial charge in [-0.3, -0.25) is 4.99 Å². The topological polar surface area (TPSA) is 108 Å². The van der Waals surface area contributed by atoms with Gasteiger partial charge in [-0.25, -0.2) is 4.79 Å². The number of likely N-dealkylation sites (tertiary alicyclic amines) is 1. The number of nitrogens with two attached hydrogens (primary N) is 1.